The van der Waals surface area contributed by atoms with Crippen LogP contribution in [0.1, 0.15) is 336 Å². The highest BCUT2D eigenvalue weighted by Crippen LogP contribution is 2.15. The van der Waals surface area contributed by atoms with Gasteiger partial charge in [0, 0.05) is 25.3 Å². The van der Waals surface area contributed by atoms with Crippen LogP contribution in [0.5, 0.6) is 0 Å². The Morgan fingerprint density at radius 1 is 0.226 bits per heavy atom. The summed E-state index contributed by atoms with van der Waals surface area (Å²) in [4.78, 5) is 41.2. The van der Waals surface area contributed by atoms with E-state index in [1.165, 1.54) is 179 Å². The third kappa shape index (κ3) is 99.3. The molecule has 84 heavy (non-hydrogen) atoms. The van der Waals surface area contributed by atoms with Crippen molar-refractivity contribution >= 4 is 23.9 Å². The summed E-state index contributed by atoms with van der Waals surface area (Å²) in [6, 6.07) is 0. The third-order valence-corrected chi connectivity index (χ3v) is 13.8. The van der Waals surface area contributed by atoms with E-state index in [4.69, 9.17) is 20.4 Å². The summed E-state index contributed by atoms with van der Waals surface area (Å²) in [6.07, 6.45) is 97.5. The van der Waals surface area contributed by atoms with Gasteiger partial charge in [-0.05, 0) is 135 Å². The predicted octanol–water partition coefficient (Wildman–Crippen LogP) is 24.7. The van der Waals surface area contributed by atoms with Gasteiger partial charge in [0.1, 0.15) is 0 Å². The van der Waals surface area contributed by atoms with Gasteiger partial charge in [-0.25, -0.2) is 4.79 Å². The molecule has 0 atom stereocenters. The maximum Gasteiger partial charge on any atom is 0.327 e. The molecule has 0 aromatic rings. The van der Waals surface area contributed by atoms with E-state index in [0.717, 1.165) is 116 Å². The Labute approximate surface area is 518 Å². The van der Waals surface area contributed by atoms with Crippen LogP contribution in [0.4, 0.5) is 0 Å². The van der Waals surface area contributed by atoms with Crippen molar-refractivity contribution in [3.63, 3.8) is 0 Å². The molecule has 4 N–H and O–H groups in total. The number of aliphatic carboxylic acids is 4. The van der Waals surface area contributed by atoms with Crippen molar-refractivity contribution in [2.24, 2.45) is 0 Å². The Bertz CT molecular complexity index is 1670. The first-order valence-electron chi connectivity index (χ1n) is 34.5. The monoisotopic (exact) mass is 1170 g/mol. The summed E-state index contributed by atoms with van der Waals surface area (Å²) in [5.74, 6) is -2.89. The van der Waals surface area contributed by atoms with Gasteiger partial charge in [-0.15, -0.1) is 0 Å². The normalized spacial score (nSPS) is 11.9. The van der Waals surface area contributed by atoms with Crippen molar-refractivity contribution in [2.45, 2.75) is 336 Å². The van der Waals surface area contributed by atoms with Crippen molar-refractivity contribution in [3.05, 3.63) is 122 Å². The fraction of sp³-hybridized carbons (Fsp3) is 0.684. The minimum Gasteiger partial charge on any atom is -0.481 e. The Kier molecular flexibility index (Phi) is 84.2. The zero-order valence-corrected chi connectivity index (χ0v) is 54.9. The van der Waals surface area contributed by atoms with Crippen LogP contribution in [0.15, 0.2) is 122 Å². The van der Waals surface area contributed by atoms with Crippen LogP contribution < -0.4 is 0 Å². The topological polar surface area (TPSA) is 149 Å². The van der Waals surface area contributed by atoms with Crippen LogP contribution in [0, 0.1) is 0 Å². The van der Waals surface area contributed by atoms with Crippen LogP contribution >= 0.6 is 0 Å². The standard InChI is InChI=1S/C20H38O2.C20H32O2.C18H32O2.C18H30O2/c2*1-2-3-4-5-6-7-8-9-10-11-12-13-14-15-16-17-18-19-20(21)22;2*1-2-3-4-5-6-7-8-9-10-11-12-13-14-15-16-17-18(19)20/h18-19H,2-17H2,1H3,(H,21,22);6-7,9-10,12-13,15-16H,2-5,8,11,14,17-19H2,1H3,(H,21,22);6-7,9-10H,2-5,8,11-17H2,1H3,(H,19,20);3-4,6-7,9-10H,2,5,8,11-17H2,1H3,(H,19,20)/b;7-6-,10-9-,13-12-,16-15-;7-6-,10-9-;4-3-,7-6-,10-9-. The zero-order chi connectivity index (χ0) is 62.4. The van der Waals surface area contributed by atoms with Crippen molar-refractivity contribution in [1.29, 1.82) is 0 Å². The number of unbranched alkanes of at least 4 members (excludes halogenated alkanes) is 32. The van der Waals surface area contributed by atoms with E-state index in [1.54, 1.807) is 6.08 Å². The van der Waals surface area contributed by atoms with Crippen molar-refractivity contribution in [2.75, 3.05) is 0 Å². The highest BCUT2D eigenvalue weighted by atomic mass is 16.4. The Balaban J connectivity index is -0.000000508. The van der Waals surface area contributed by atoms with Gasteiger partial charge in [0.2, 0.25) is 0 Å². The molecule has 0 rings (SSSR count). The van der Waals surface area contributed by atoms with Gasteiger partial charge in [0.25, 0.3) is 0 Å². The van der Waals surface area contributed by atoms with Gasteiger partial charge in [-0.3, -0.25) is 14.4 Å². The molecule has 0 amide bonds. The number of carbonyl (C=O) groups is 4. The Morgan fingerprint density at radius 3 is 0.702 bits per heavy atom. The minimum absolute atomic E-state index is 0.262. The quantitative estimate of drug-likeness (QED) is 0.0267. The maximum atomic E-state index is 10.3. The lowest BCUT2D eigenvalue weighted by molar-refractivity contribution is -0.138. The fourth-order valence-corrected chi connectivity index (χ4v) is 8.73. The molecule has 8 heteroatoms. The van der Waals surface area contributed by atoms with Gasteiger partial charge >= 0.3 is 23.9 Å². The average molecular weight is 1170 g/mol. The van der Waals surface area contributed by atoms with Gasteiger partial charge in [0.15, 0.2) is 0 Å². The molecular weight excluding hydrogens is 1040 g/mol. The van der Waals surface area contributed by atoms with Crippen LogP contribution in [0.2, 0.25) is 0 Å². The first-order chi connectivity index (χ1) is 41.1. The molecule has 8 nitrogen and oxygen atoms in total. The minimum atomic E-state index is -0.832. The lowest BCUT2D eigenvalue weighted by Gasteiger charge is -2.03. The molecule has 0 radical (unpaired) electrons. The Morgan fingerprint density at radius 2 is 0.429 bits per heavy atom. The molecule has 0 aromatic heterocycles. The molecule has 0 heterocycles. The molecule has 0 fully saturated rings. The summed E-state index contributed by atoms with van der Waals surface area (Å²) >= 11 is 0. The molecule has 484 valence electrons. The van der Waals surface area contributed by atoms with Crippen molar-refractivity contribution < 1.29 is 39.6 Å². The van der Waals surface area contributed by atoms with Crippen LogP contribution in [-0.2, 0) is 19.2 Å². The highest BCUT2D eigenvalue weighted by Gasteiger charge is 1.98. The van der Waals surface area contributed by atoms with E-state index < -0.39 is 23.9 Å². The SMILES string of the molecule is CC/C=C\C/C=C\C/C=C\CCCCCCCC(=O)O.CCCCC/C=C\C/C=C\C/C=C\C/C=C\CCCC(=O)O.CCCCC/C=C\C/C=C\CCCCCCCC(=O)O.CCCCCCCCCCCCCCCCCC=CC(=O)O. The molecule has 0 bridgehead atoms. The number of hydrogen-bond donors (Lipinski definition) is 4. The van der Waals surface area contributed by atoms with Crippen molar-refractivity contribution in [3.8, 4) is 0 Å². The molecule has 0 aromatic carbocycles. The first kappa shape index (κ1) is 85.7. The maximum absolute atomic E-state index is 10.3. The Hall–Kier alpha value is -4.72. The number of hydrogen-bond acceptors (Lipinski definition) is 4. The van der Waals surface area contributed by atoms with E-state index in [-0.39, 0.29) is 6.42 Å². The molecule has 0 saturated carbocycles. The predicted molar refractivity (Wildman–Crippen MR) is 366 cm³/mol. The van der Waals surface area contributed by atoms with E-state index in [1.807, 2.05) is 0 Å². The van der Waals surface area contributed by atoms with Crippen LogP contribution in [0.25, 0.3) is 0 Å². The molecule has 0 saturated heterocycles. The van der Waals surface area contributed by atoms with Gasteiger partial charge in [-0.2, -0.15) is 0 Å². The van der Waals surface area contributed by atoms with Gasteiger partial charge in [0.05, 0.1) is 0 Å². The summed E-state index contributed by atoms with van der Waals surface area (Å²) < 4.78 is 0. The van der Waals surface area contributed by atoms with E-state index in [0.29, 0.717) is 12.8 Å². The van der Waals surface area contributed by atoms with E-state index in [2.05, 4.69) is 137 Å². The smallest absolute Gasteiger partial charge is 0.327 e. The highest BCUT2D eigenvalue weighted by molar-refractivity contribution is 5.79. The summed E-state index contributed by atoms with van der Waals surface area (Å²) in [7, 11) is 0. The average Bonchev–Trinajstić information content (AvgIpc) is 3.47. The van der Waals surface area contributed by atoms with Crippen LogP contribution in [-0.4, -0.2) is 44.3 Å². The lowest BCUT2D eigenvalue weighted by Crippen LogP contribution is -1.93. The first-order valence-corrected chi connectivity index (χ1v) is 34.5. The largest absolute Gasteiger partial charge is 0.481 e. The summed E-state index contributed by atoms with van der Waals surface area (Å²) in [5, 5.41) is 33.9. The van der Waals surface area contributed by atoms with Gasteiger partial charge in [-0.1, -0.05) is 297 Å². The van der Waals surface area contributed by atoms with Crippen LogP contribution in [0.3, 0.4) is 0 Å². The molecule has 0 aliphatic carbocycles. The fourth-order valence-electron chi connectivity index (χ4n) is 8.73. The second-order valence-electron chi connectivity index (χ2n) is 22.2. The second kappa shape index (κ2) is 82.5. The van der Waals surface area contributed by atoms with E-state index >= 15 is 0 Å². The number of allylic oxidation sites excluding steroid dienone is 19. The zero-order valence-electron chi connectivity index (χ0n) is 54.9. The molecule has 0 unspecified atom stereocenters. The second-order valence-corrected chi connectivity index (χ2v) is 22.2. The molecule has 0 aliphatic heterocycles. The third-order valence-electron chi connectivity index (χ3n) is 13.8. The molecule has 0 aliphatic rings. The number of rotatable bonds is 58. The summed E-state index contributed by atoms with van der Waals surface area (Å²) in [5.41, 5.74) is 0. The summed E-state index contributed by atoms with van der Waals surface area (Å²) in [6.45, 7) is 8.89. The van der Waals surface area contributed by atoms with E-state index in [9.17, 15) is 19.2 Å². The number of carboxylic acids is 4. The van der Waals surface area contributed by atoms with Crippen molar-refractivity contribution in [1.82, 2.24) is 0 Å². The molecular formula is C76H132O8. The number of carboxylic acid groups (broad SMARTS) is 4. The molecule has 0 spiro atoms. The van der Waals surface area contributed by atoms with Gasteiger partial charge < -0.3 is 20.4 Å². The lowest BCUT2D eigenvalue weighted by atomic mass is 10.0.